The summed E-state index contributed by atoms with van der Waals surface area (Å²) in [4.78, 5) is 12.1. The molecule has 0 aromatic heterocycles. The first-order valence-electron chi connectivity index (χ1n) is 5.15. The van der Waals surface area contributed by atoms with Crippen LogP contribution in [0.25, 0.3) is 0 Å². The summed E-state index contributed by atoms with van der Waals surface area (Å²) in [5.74, 6) is -0.914. The molecule has 0 amide bonds. The fraction of sp³-hybridized carbons (Fsp3) is 0.0714. The Morgan fingerprint density at radius 3 is 2.47 bits per heavy atom. The summed E-state index contributed by atoms with van der Waals surface area (Å²) in [6.07, 6.45) is 0. The van der Waals surface area contributed by atoms with Crippen LogP contribution in [0.15, 0.2) is 42.5 Å². The SMILES string of the molecule is Cc1ccc(C(=O)c2ccccc2Cl)c(F)c1. The minimum Gasteiger partial charge on any atom is -0.288 e. The number of carbonyl (C=O) groups is 1. The third-order valence-electron chi connectivity index (χ3n) is 2.49. The summed E-state index contributed by atoms with van der Waals surface area (Å²) in [5, 5.41) is 0.331. The summed E-state index contributed by atoms with van der Waals surface area (Å²) in [6.45, 7) is 1.77. The van der Waals surface area contributed by atoms with E-state index >= 15 is 0 Å². The van der Waals surface area contributed by atoms with E-state index in [2.05, 4.69) is 0 Å². The molecule has 17 heavy (non-hydrogen) atoms. The van der Waals surface area contributed by atoms with Crippen LogP contribution in [0, 0.1) is 12.7 Å². The molecule has 0 atom stereocenters. The predicted octanol–water partition coefficient (Wildman–Crippen LogP) is 4.02. The van der Waals surface area contributed by atoms with Crippen LogP contribution < -0.4 is 0 Å². The minimum atomic E-state index is -0.519. The molecular weight excluding hydrogens is 239 g/mol. The number of hydrogen-bond acceptors (Lipinski definition) is 1. The highest BCUT2D eigenvalue weighted by molar-refractivity contribution is 6.35. The topological polar surface area (TPSA) is 17.1 Å². The molecule has 0 unspecified atom stereocenters. The number of rotatable bonds is 2. The minimum absolute atomic E-state index is 0.0451. The lowest BCUT2D eigenvalue weighted by Crippen LogP contribution is -2.05. The van der Waals surface area contributed by atoms with Gasteiger partial charge in [0.25, 0.3) is 0 Å². The molecule has 3 heteroatoms. The molecule has 0 aliphatic heterocycles. The molecule has 0 radical (unpaired) electrons. The van der Waals surface area contributed by atoms with Crippen molar-refractivity contribution in [1.29, 1.82) is 0 Å². The van der Waals surface area contributed by atoms with Crippen molar-refractivity contribution in [2.45, 2.75) is 6.92 Å². The van der Waals surface area contributed by atoms with Crippen LogP contribution >= 0.6 is 11.6 Å². The third-order valence-corrected chi connectivity index (χ3v) is 2.82. The van der Waals surface area contributed by atoms with Crippen LogP contribution in [0.3, 0.4) is 0 Å². The lowest BCUT2D eigenvalue weighted by Gasteiger charge is -2.05. The van der Waals surface area contributed by atoms with Crippen LogP contribution in [0.1, 0.15) is 21.5 Å². The smallest absolute Gasteiger partial charge is 0.197 e. The average molecular weight is 249 g/mol. The van der Waals surface area contributed by atoms with Gasteiger partial charge in [-0.25, -0.2) is 4.39 Å². The lowest BCUT2D eigenvalue weighted by molar-refractivity contribution is 0.103. The molecule has 0 saturated heterocycles. The van der Waals surface area contributed by atoms with Crippen molar-refractivity contribution < 1.29 is 9.18 Å². The second-order valence-electron chi connectivity index (χ2n) is 3.79. The summed E-state index contributed by atoms with van der Waals surface area (Å²) < 4.78 is 13.7. The maximum absolute atomic E-state index is 13.7. The Morgan fingerprint density at radius 2 is 1.82 bits per heavy atom. The standard InChI is InChI=1S/C14H10ClFO/c1-9-6-7-11(13(16)8-9)14(17)10-4-2-3-5-12(10)15/h2-8H,1H3. The van der Waals surface area contributed by atoms with E-state index in [4.69, 9.17) is 11.6 Å². The van der Waals surface area contributed by atoms with Gasteiger partial charge in [0.1, 0.15) is 5.82 Å². The third kappa shape index (κ3) is 2.37. The van der Waals surface area contributed by atoms with Crippen LogP contribution in [0.5, 0.6) is 0 Å². The van der Waals surface area contributed by atoms with Crippen molar-refractivity contribution in [2.24, 2.45) is 0 Å². The van der Waals surface area contributed by atoms with E-state index in [0.717, 1.165) is 5.56 Å². The van der Waals surface area contributed by atoms with Gasteiger partial charge in [-0.1, -0.05) is 29.8 Å². The predicted molar refractivity (Wildman–Crippen MR) is 66.0 cm³/mol. The van der Waals surface area contributed by atoms with Gasteiger partial charge in [-0.2, -0.15) is 0 Å². The zero-order valence-corrected chi connectivity index (χ0v) is 9.96. The number of benzene rings is 2. The van der Waals surface area contributed by atoms with Gasteiger partial charge in [0.05, 0.1) is 10.6 Å². The molecule has 0 fully saturated rings. The first kappa shape index (κ1) is 11.8. The van der Waals surface area contributed by atoms with Crippen LogP contribution in [-0.4, -0.2) is 5.78 Å². The molecule has 2 rings (SSSR count). The van der Waals surface area contributed by atoms with Crippen molar-refractivity contribution in [3.63, 3.8) is 0 Å². The van der Waals surface area contributed by atoms with Crippen LogP contribution in [0.2, 0.25) is 5.02 Å². The summed E-state index contributed by atoms with van der Waals surface area (Å²) in [7, 11) is 0. The fourth-order valence-electron chi connectivity index (χ4n) is 1.59. The Morgan fingerprint density at radius 1 is 1.12 bits per heavy atom. The Hall–Kier alpha value is -1.67. The number of hydrogen-bond donors (Lipinski definition) is 0. The van der Waals surface area contributed by atoms with Crippen molar-refractivity contribution in [2.75, 3.05) is 0 Å². The first-order valence-corrected chi connectivity index (χ1v) is 5.53. The summed E-state index contributed by atoms with van der Waals surface area (Å²) in [5.41, 5.74) is 1.14. The monoisotopic (exact) mass is 248 g/mol. The largest absolute Gasteiger partial charge is 0.288 e. The molecule has 1 nitrogen and oxygen atoms in total. The van der Waals surface area contributed by atoms with Crippen LogP contribution in [0.4, 0.5) is 4.39 Å². The van der Waals surface area contributed by atoms with Crippen molar-refractivity contribution in [3.8, 4) is 0 Å². The first-order chi connectivity index (χ1) is 8.09. The summed E-state index contributed by atoms with van der Waals surface area (Å²) >= 11 is 5.91. The molecular formula is C14H10ClFO. The zero-order valence-electron chi connectivity index (χ0n) is 9.21. The van der Waals surface area contributed by atoms with Crippen molar-refractivity contribution in [1.82, 2.24) is 0 Å². The Labute approximate surface area is 104 Å². The molecule has 0 heterocycles. The molecule has 86 valence electrons. The number of aryl methyl sites for hydroxylation is 1. The fourth-order valence-corrected chi connectivity index (χ4v) is 1.82. The normalized spacial score (nSPS) is 10.3. The molecule has 0 bridgehead atoms. The molecule has 2 aromatic carbocycles. The van der Waals surface area contributed by atoms with Gasteiger partial charge in [0.15, 0.2) is 5.78 Å². The highest BCUT2D eigenvalue weighted by Gasteiger charge is 2.16. The quantitative estimate of drug-likeness (QED) is 0.734. The molecule has 0 aliphatic rings. The van der Waals surface area contributed by atoms with Gasteiger partial charge in [-0.3, -0.25) is 4.79 Å². The van der Waals surface area contributed by atoms with Gasteiger partial charge in [0.2, 0.25) is 0 Å². The molecule has 0 N–H and O–H groups in total. The number of carbonyl (C=O) groups excluding carboxylic acids is 1. The Kier molecular flexibility index (Phi) is 3.25. The number of halogens is 2. The van der Waals surface area contributed by atoms with Crippen molar-refractivity contribution >= 4 is 17.4 Å². The van der Waals surface area contributed by atoms with Gasteiger partial charge in [-0.05, 0) is 36.8 Å². The lowest BCUT2D eigenvalue weighted by atomic mass is 10.0. The summed E-state index contributed by atoms with van der Waals surface area (Å²) in [6, 6.07) is 11.1. The maximum atomic E-state index is 13.7. The average Bonchev–Trinajstić information content (AvgIpc) is 2.29. The Balaban J connectivity index is 2.48. The van der Waals surface area contributed by atoms with E-state index < -0.39 is 11.6 Å². The molecule has 0 saturated carbocycles. The van der Waals surface area contributed by atoms with Gasteiger partial charge < -0.3 is 0 Å². The molecule has 0 aliphatic carbocycles. The number of ketones is 1. The van der Waals surface area contributed by atoms with E-state index in [9.17, 15) is 9.18 Å². The van der Waals surface area contributed by atoms with Crippen LogP contribution in [-0.2, 0) is 0 Å². The van der Waals surface area contributed by atoms with E-state index in [1.54, 1.807) is 37.3 Å². The van der Waals surface area contributed by atoms with E-state index in [1.165, 1.54) is 12.1 Å². The Bertz CT molecular complexity index is 578. The van der Waals surface area contributed by atoms with E-state index in [0.29, 0.717) is 10.6 Å². The van der Waals surface area contributed by atoms with Gasteiger partial charge in [0, 0.05) is 5.56 Å². The zero-order chi connectivity index (χ0) is 12.4. The molecule has 0 spiro atoms. The van der Waals surface area contributed by atoms with Gasteiger partial charge >= 0.3 is 0 Å². The second-order valence-corrected chi connectivity index (χ2v) is 4.20. The maximum Gasteiger partial charge on any atom is 0.197 e. The van der Waals surface area contributed by atoms with E-state index in [1.807, 2.05) is 0 Å². The highest BCUT2D eigenvalue weighted by atomic mass is 35.5. The van der Waals surface area contributed by atoms with E-state index in [-0.39, 0.29) is 5.56 Å². The van der Waals surface area contributed by atoms with Gasteiger partial charge in [-0.15, -0.1) is 0 Å². The highest BCUT2D eigenvalue weighted by Crippen LogP contribution is 2.21. The second kappa shape index (κ2) is 4.68. The van der Waals surface area contributed by atoms with Crippen molar-refractivity contribution in [3.05, 3.63) is 70.0 Å². The molecule has 2 aromatic rings.